The summed E-state index contributed by atoms with van der Waals surface area (Å²) in [4.78, 5) is 2.13. The van der Waals surface area contributed by atoms with E-state index in [0.717, 1.165) is 15.4 Å². The number of nitrogens with two attached hydrogens (primary N) is 1. The van der Waals surface area contributed by atoms with E-state index in [2.05, 4.69) is 38.1 Å². The van der Waals surface area contributed by atoms with Crippen molar-refractivity contribution in [3.05, 3.63) is 58.7 Å². The van der Waals surface area contributed by atoms with Gasteiger partial charge in [0.15, 0.2) is 0 Å². The normalized spacial score (nSPS) is 10.2. The molecule has 0 fully saturated rings. The van der Waals surface area contributed by atoms with Gasteiger partial charge in [-0.3, -0.25) is 0 Å². The number of aryl methyl sites for hydroxylation is 2. The van der Waals surface area contributed by atoms with Crippen molar-refractivity contribution in [1.29, 1.82) is 5.26 Å². The number of nitriles is 1. The average molecular weight is 268 g/mol. The maximum atomic E-state index is 9.21. The Kier molecular flexibility index (Phi) is 4.26. The Balaban J connectivity index is 2.33. The molecule has 0 unspecified atom stereocenters. The molecule has 0 bridgehead atoms. The van der Waals surface area contributed by atoms with Gasteiger partial charge in [0, 0.05) is 16.3 Å². The summed E-state index contributed by atoms with van der Waals surface area (Å²) in [5.74, 6) is 0. The molecule has 2 aromatic carbocycles. The highest BCUT2D eigenvalue weighted by atomic mass is 32.2. The van der Waals surface area contributed by atoms with Crippen molar-refractivity contribution in [3.8, 4) is 6.07 Å². The van der Waals surface area contributed by atoms with E-state index < -0.39 is 0 Å². The van der Waals surface area contributed by atoms with Crippen LogP contribution in [0.1, 0.15) is 22.3 Å². The number of nitrogens with zero attached hydrogens (tertiary/aromatic N) is 1. The molecule has 19 heavy (non-hydrogen) atoms. The van der Waals surface area contributed by atoms with Gasteiger partial charge in [-0.1, -0.05) is 23.9 Å². The van der Waals surface area contributed by atoms with Crippen molar-refractivity contribution in [2.45, 2.75) is 30.2 Å². The molecule has 0 amide bonds. The molecule has 0 saturated carbocycles. The maximum absolute atomic E-state index is 9.21. The predicted octanol–water partition coefficient (Wildman–Crippen LogP) is 3.79. The van der Waals surface area contributed by atoms with Crippen LogP contribution in [0.5, 0.6) is 0 Å². The van der Waals surface area contributed by atoms with Gasteiger partial charge in [0.25, 0.3) is 0 Å². The number of benzene rings is 2. The molecular weight excluding hydrogens is 252 g/mol. The van der Waals surface area contributed by atoms with E-state index in [-0.39, 0.29) is 0 Å². The fourth-order valence-corrected chi connectivity index (χ4v) is 2.76. The minimum atomic E-state index is 0.462. The van der Waals surface area contributed by atoms with Gasteiger partial charge < -0.3 is 5.73 Å². The minimum Gasteiger partial charge on any atom is -0.326 e. The maximum Gasteiger partial charge on any atom is 0.100 e. The van der Waals surface area contributed by atoms with Gasteiger partial charge in [-0.05, 0) is 54.8 Å². The van der Waals surface area contributed by atoms with Crippen LogP contribution in [0, 0.1) is 25.2 Å². The average Bonchev–Trinajstić information content (AvgIpc) is 2.43. The summed E-state index contributed by atoms with van der Waals surface area (Å²) < 4.78 is 0. The number of rotatable bonds is 3. The van der Waals surface area contributed by atoms with Crippen molar-refractivity contribution in [2.24, 2.45) is 5.73 Å². The molecule has 0 aliphatic rings. The zero-order valence-corrected chi connectivity index (χ0v) is 11.9. The second kappa shape index (κ2) is 5.92. The summed E-state index contributed by atoms with van der Waals surface area (Å²) >= 11 is 1.62. The van der Waals surface area contributed by atoms with E-state index in [9.17, 15) is 5.26 Å². The molecule has 0 aliphatic carbocycles. The highest BCUT2D eigenvalue weighted by Crippen LogP contribution is 2.31. The predicted molar refractivity (Wildman–Crippen MR) is 79.1 cm³/mol. The van der Waals surface area contributed by atoms with Crippen LogP contribution in [0.2, 0.25) is 0 Å². The van der Waals surface area contributed by atoms with Gasteiger partial charge in [-0.2, -0.15) is 5.26 Å². The van der Waals surface area contributed by atoms with Crippen LogP contribution in [0.4, 0.5) is 0 Å². The number of hydrogen-bond donors (Lipinski definition) is 1. The smallest absolute Gasteiger partial charge is 0.100 e. The molecule has 2 aromatic rings. The second-order valence-corrected chi connectivity index (χ2v) is 5.61. The summed E-state index contributed by atoms with van der Waals surface area (Å²) in [6, 6.07) is 14.4. The van der Waals surface area contributed by atoms with E-state index in [4.69, 9.17) is 5.73 Å². The lowest BCUT2D eigenvalue weighted by Gasteiger charge is -2.07. The Morgan fingerprint density at radius 3 is 2.53 bits per heavy atom. The van der Waals surface area contributed by atoms with Crippen LogP contribution < -0.4 is 5.73 Å². The van der Waals surface area contributed by atoms with Crippen LogP contribution in [0.15, 0.2) is 46.2 Å². The van der Waals surface area contributed by atoms with Crippen molar-refractivity contribution in [3.63, 3.8) is 0 Å². The Morgan fingerprint density at radius 1 is 1.11 bits per heavy atom. The van der Waals surface area contributed by atoms with Crippen LogP contribution in [-0.2, 0) is 6.54 Å². The second-order valence-electron chi connectivity index (χ2n) is 4.49. The van der Waals surface area contributed by atoms with E-state index in [0.29, 0.717) is 12.1 Å². The first-order valence-electron chi connectivity index (χ1n) is 6.12. The Labute approximate surface area is 118 Å². The molecule has 0 aliphatic heterocycles. The fourth-order valence-electron chi connectivity index (χ4n) is 1.78. The molecule has 0 atom stereocenters. The van der Waals surface area contributed by atoms with Gasteiger partial charge in [0.05, 0.1) is 5.56 Å². The Hall–Kier alpha value is -1.76. The molecule has 96 valence electrons. The van der Waals surface area contributed by atoms with Gasteiger partial charge in [-0.25, -0.2) is 0 Å². The van der Waals surface area contributed by atoms with Crippen molar-refractivity contribution in [1.82, 2.24) is 0 Å². The van der Waals surface area contributed by atoms with Crippen LogP contribution in [0.25, 0.3) is 0 Å². The van der Waals surface area contributed by atoms with E-state index in [1.807, 2.05) is 18.2 Å². The minimum absolute atomic E-state index is 0.462. The SMILES string of the molecule is Cc1ccc(Sc2ccc(CN)cc2C#N)cc1C. The van der Waals surface area contributed by atoms with E-state index in [1.54, 1.807) is 11.8 Å². The summed E-state index contributed by atoms with van der Waals surface area (Å²) in [6.07, 6.45) is 0. The highest BCUT2D eigenvalue weighted by Gasteiger charge is 2.06. The standard InChI is InChI=1S/C16H16N2S/c1-11-3-5-15(7-12(11)2)19-16-6-4-13(9-17)8-14(16)10-18/h3-8H,9,17H2,1-2H3. The molecule has 2 N–H and O–H groups in total. The first kappa shape index (κ1) is 13.7. The summed E-state index contributed by atoms with van der Waals surface area (Å²) in [5, 5.41) is 9.21. The van der Waals surface area contributed by atoms with Crippen LogP contribution in [0.3, 0.4) is 0 Å². The molecule has 2 rings (SSSR count). The third kappa shape index (κ3) is 3.17. The molecule has 2 nitrogen and oxygen atoms in total. The third-order valence-corrected chi connectivity index (χ3v) is 4.17. The van der Waals surface area contributed by atoms with Crippen molar-refractivity contribution in [2.75, 3.05) is 0 Å². The van der Waals surface area contributed by atoms with Crippen molar-refractivity contribution < 1.29 is 0 Å². The molecule has 0 saturated heterocycles. The highest BCUT2D eigenvalue weighted by molar-refractivity contribution is 7.99. The number of hydrogen-bond acceptors (Lipinski definition) is 3. The Morgan fingerprint density at radius 2 is 1.89 bits per heavy atom. The van der Waals surface area contributed by atoms with Crippen LogP contribution >= 0.6 is 11.8 Å². The van der Waals surface area contributed by atoms with Gasteiger partial charge in [-0.15, -0.1) is 0 Å². The largest absolute Gasteiger partial charge is 0.326 e. The molecule has 0 heterocycles. The lowest BCUT2D eigenvalue weighted by molar-refractivity contribution is 1.06. The van der Waals surface area contributed by atoms with Crippen molar-refractivity contribution >= 4 is 11.8 Å². The first-order valence-corrected chi connectivity index (χ1v) is 6.94. The molecule has 3 heteroatoms. The monoisotopic (exact) mass is 268 g/mol. The van der Waals surface area contributed by atoms with Gasteiger partial charge >= 0.3 is 0 Å². The quantitative estimate of drug-likeness (QED) is 0.921. The zero-order valence-electron chi connectivity index (χ0n) is 11.1. The summed E-state index contributed by atoms with van der Waals surface area (Å²) in [7, 11) is 0. The summed E-state index contributed by atoms with van der Waals surface area (Å²) in [6.45, 7) is 4.66. The Bertz CT molecular complexity index is 642. The fraction of sp³-hybridized carbons (Fsp3) is 0.188. The molecule has 0 aromatic heterocycles. The molecule has 0 spiro atoms. The van der Waals surface area contributed by atoms with Gasteiger partial charge in [0.1, 0.15) is 6.07 Å². The first-order chi connectivity index (χ1) is 9.13. The van der Waals surface area contributed by atoms with E-state index >= 15 is 0 Å². The third-order valence-electron chi connectivity index (χ3n) is 3.11. The summed E-state index contributed by atoms with van der Waals surface area (Å²) in [5.41, 5.74) is 9.82. The van der Waals surface area contributed by atoms with E-state index in [1.165, 1.54) is 11.1 Å². The lowest BCUT2D eigenvalue weighted by atomic mass is 10.1. The zero-order chi connectivity index (χ0) is 13.8. The molecule has 0 radical (unpaired) electrons. The van der Waals surface area contributed by atoms with Gasteiger partial charge in [0.2, 0.25) is 0 Å². The lowest BCUT2D eigenvalue weighted by Crippen LogP contribution is -1.97. The topological polar surface area (TPSA) is 49.8 Å². The van der Waals surface area contributed by atoms with Crippen LogP contribution in [-0.4, -0.2) is 0 Å². The molecular formula is C16H16N2S.